The van der Waals surface area contributed by atoms with Crippen LogP contribution in [0.4, 0.5) is 0 Å². The Labute approximate surface area is 188 Å². The lowest BCUT2D eigenvalue weighted by Crippen LogP contribution is -2.22. The third kappa shape index (κ3) is 5.82. The van der Waals surface area contributed by atoms with Gasteiger partial charge in [0.15, 0.2) is 5.78 Å². The molecule has 3 rings (SSSR count). The molecular weight excluding hydrogens is 408 g/mol. The van der Waals surface area contributed by atoms with Gasteiger partial charge in [-0.15, -0.1) is 11.3 Å². The Bertz CT molecular complexity index is 1020. The van der Waals surface area contributed by atoms with E-state index in [0.29, 0.717) is 18.6 Å². The molecule has 0 spiro atoms. The summed E-state index contributed by atoms with van der Waals surface area (Å²) in [5.74, 6) is 0.818. The van der Waals surface area contributed by atoms with Crippen LogP contribution in [-0.2, 0) is 12.8 Å². The van der Waals surface area contributed by atoms with E-state index in [-0.39, 0.29) is 19.0 Å². The Morgan fingerprint density at radius 2 is 1.87 bits per heavy atom. The second-order valence-corrected chi connectivity index (χ2v) is 8.94. The Morgan fingerprint density at radius 3 is 2.55 bits per heavy atom. The average molecular weight is 439 g/mol. The first-order chi connectivity index (χ1) is 14.9. The zero-order valence-electron chi connectivity index (χ0n) is 18.4. The molecule has 3 aromatic rings. The standard InChI is InChI=1S/C26H30O4S/c1-4-24-22(19-8-6-5-7-9-19)14-25(31-24)23(29)11-10-20-13-17(2)12-18(3)26(20)30-16-21(28)15-27/h5-9,12-14,21,27-28H,4,10-11,15-16H2,1-3H3. The van der Waals surface area contributed by atoms with Crippen LogP contribution in [0.2, 0.25) is 0 Å². The monoisotopic (exact) mass is 438 g/mol. The lowest BCUT2D eigenvalue weighted by molar-refractivity contribution is 0.0530. The van der Waals surface area contributed by atoms with Crippen LogP contribution in [0.3, 0.4) is 0 Å². The van der Waals surface area contributed by atoms with Crippen LogP contribution < -0.4 is 4.74 Å². The van der Waals surface area contributed by atoms with E-state index in [0.717, 1.165) is 39.1 Å². The second-order valence-electron chi connectivity index (χ2n) is 7.81. The minimum atomic E-state index is -0.926. The maximum atomic E-state index is 13.0. The lowest BCUT2D eigenvalue weighted by Gasteiger charge is -2.17. The third-order valence-corrected chi connectivity index (χ3v) is 6.56. The molecule has 0 aliphatic heterocycles. The smallest absolute Gasteiger partial charge is 0.173 e. The Kier molecular flexibility index (Phi) is 8.02. The molecule has 1 atom stereocenters. The van der Waals surface area contributed by atoms with Gasteiger partial charge in [-0.1, -0.05) is 55.0 Å². The van der Waals surface area contributed by atoms with Crippen LogP contribution in [0.5, 0.6) is 5.75 Å². The molecule has 0 aliphatic rings. The van der Waals surface area contributed by atoms with E-state index in [1.54, 1.807) is 11.3 Å². The van der Waals surface area contributed by atoms with Crippen molar-refractivity contribution in [3.05, 3.63) is 75.0 Å². The van der Waals surface area contributed by atoms with Crippen LogP contribution >= 0.6 is 11.3 Å². The predicted molar refractivity (Wildman–Crippen MR) is 126 cm³/mol. The van der Waals surface area contributed by atoms with Crippen molar-refractivity contribution in [2.45, 2.75) is 46.1 Å². The summed E-state index contributed by atoms with van der Waals surface area (Å²) < 4.78 is 5.79. The summed E-state index contributed by atoms with van der Waals surface area (Å²) in [6.07, 6.45) is 0.918. The van der Waals surface area contributed by atoms with E-state index in [1.165, 1.54) is 4.88 Å². The number of rotatable bonds is 10. The molecule has 0 amide bonds. The molecule has 1 heterocycles. The number of aliphatic hydroxyl groups excluding tert-OH is 2. The van der Waals surface area contributed by atoms with Crippen LogP contribution in [0.15, 0.2) is 48.5 Å². The van der Waals surface area contributed by atoms with E-state index in [2.05, 4.69) is 19.1 Å². The van der Waals surface area contributed by atoms with E-state index >= 15 is 0 Å². The van der Waals surface area contributed by atoms with Gasteiger partial charge in [0, 0.05) is 11.3 Å². The summed E-state index contributed by atoms with van der Waals surface area (Å²) >= 11 is 1.58. The normalized spacial score (nSPS) is 12.0. The zero-order valence-corrected chi connectivity index (χ0v) is 19.2. The van der Waals surface area contributed by atoms with E-state index < -0.39 is 6.10 Å². The first kappa shape index (κ1) is 23.2. The molecule has 1 unspecified atom stereocenters. The average Bonchev–Trinajstić information content (AvgIpc) is 3.21. The summed E-state index contributed by atoms with van der Waals surface area (Å²) in [5.41, 5.74) is 5.30. The number of ketones is 1. The predicted octanol–water partition coefficient (Wildman–Crippen LogP) is 5.14. The molecule has 0 saturated heterocycles. The molecule has 5 heteroatoms. The maximum absolute atomic E-state index is 13.0. The van der Waals surface area contributed by atoms with Gasteiger partial charge >= 0.3 is 0 Å². The van der Waals surface area contributed by atoms with E-state index in [9.17, 15) is 9.90 Å². The highest BCUT2D eigenvalue weighted by Crippen LogP contribution is 2.33. The Hall–Kier alpha value is -2.47. The van der Waals surface area contributed by atoms with Crippen molar-refractivity contribution < 1.29 is 19.7 Å². The van der Waals surface area contributed by atoms with Crippen molar-refractivity contribution in [3.63, 3.8) is 0 Å². The zero-order chi connectivity index (χ0) is 22.4. The summed E-state index contributed by atoms with van der Waals surface area (Å²) in [6, 6.07) is 16.3. The van der Waals surface area contributed by atoms with E-state index in [4.69, 9.17) is 9.84 Å². The molecule has 0 fully saturated rings. The first-order valence-electron chi connectivity index (χ1n) is 10.7. The number of carbonyl (C=O) groups excluding carboxylic acids is 1. The summed E-state index contributed by atoms with van der Waals surface area (Å²) in [4.78, 5) is 15.0. The minimum Gasteiger partial charge on any atom is -0.490 e. The number of aliphatic hydroxyl groups is 2. The fourth-order valence-corrected chi connectivity index (χ4v) is 4.82. The molecule has 0 bridgehead atoms. The van der Waals surface area contributed by atoms with Gasteiger partial charge in [-0.2, -0.15) is 0 Å². The third-order valence-electron chi connectivity index (χ3n) is 5.24. The molecule has 164 valence electrons. The van der Waals surface area contributed by atoms with Gasteiger partial charge < -0.3 is 14.9 Å². The van der Waals surface area contributed by atoms with Crippen molar-refractivity contribution in [1.82, 2.24) is 0 Å². The number of hydrogen-bond acceptors (Lipinski definition) is 5. The van der Waals surface area contributed by atoms with Crippen molar-refractivity contribution >= 4 is 17.1 Å². The van der Waals surface area contributed by atoms with Gasteiger partial charge in [-0.3, -0.25) is 4.79 Å². The summed E-state index contributed by atoms with van der Waals surface area (Å²) in [6.45, 7) is 5.77. The Balaban J connectivity index is 1.77. The van der Waals surface area contributed by atoms with Gasteiger partial charge in [0.05, 0.1) is 11.5 Å². The highest BCUT2D eigenvalue weighted by molar-refractivity contribution is 7.14. The van der Waals surface area contributed by atoms with E-state index in [1.807, 2.05) is 50.2 Å². The number of Topliss-reactive ketones (excluding diaryl/α,β-unsaturated/α-hetero) is 1. The Morgan fingerprint density at radius 1 is 1.13 bits per heavy atom. The lowest BCUT2D eigenvalue weighted by atomic mass is 9.99. The van der Waals surface area contributed by atoms with Crippen molar-refractivity contribution in [3.8, 4) is 16.9 Å². The molecule has 1 aromatic heterocycles. The van der Waals surface area contributed by atoms with Crippen LogP contribution in [0.25, 0.3) is 11.1 Å². The quantitative estimate of drug-likeness (QED) is 0.430. The summed E-state index contributed by atoms with van der Waals surface area (Å²) in [5, 5.41) is 18.7. The van der Waals surface area contributed by atoms with Crippen molar-refractivity contribution in [2.75, 3.05) is 13.2 Å². The molecular formula is C26H30O4S. The molecule has 0 aliphatic carbocycles. The molecule has 4 nitrogen and oxygen atoms in total. The van der Waals surface area contributed by atoms with Gasteiger partial charge in [-0.05, 0) is 55.0 Å². The van der Waals surface area contributed by atoms with Gasteiger partial charge in [0.2, 0.25) is 0 Å². The molecule has 2 aromatic carbocycles. The topological polar surface area (TPSA) is 66.8 Å². The van der Waals surface area contributed by atoms with Crippen LogP contribution in [0, 0.1) is 13.8 Å². The highest BCUT2D eigenvalue weighted by Gasteiger charge is 2.17. The minimum absolute atomic E-state index is 0.0204. The number of hydrogen-bond donors (Lipinski definition) is 2. The largest absolute Gasteiger partial charge is 0.490 e. The fourth-order valence-electron chi connectivity index (χ4n) is 3.73. The first-order valence-corrected chi connectivity index (χ1v) is 11.5. The number of thiophene rings is 1. The maximum Gasteiger partial charge on any atom is 0.173 e. The fraction of sp³-hybridized carbons (Fsp3) is 0.346. The highest BCUT2D eigenvalue weighted by atomic mass is 32.1. The van der Waals surface area contributed by atoms with Crippen LogP contribution in [-0.4, -0.2) is 35.3 Å². The molecule has 0 saturated carbocycles. The van der Waals surface area contributed by atoms with Gasteiger partial charge in [0.1, 0.15) is 18.5 Å². The molecule has 0 radical (unpaired) electrons. The number of benzene rings is 2. The van der Waals surface area contributed by atoms with Gasteiger partial charge in [-0.25, -0.2) is 0 Å². The van der Waals surface area contributed by atoms with Crippen molar-refractivity contribution in [2.24, 2.45) is 0 Å². The number of ether oxygens (including phenoxy) is 1. The molecule has 31 heavy (non-hydrogen) atoms. The van der Waals surface area contributed by atoms with Crippen molar-refractivity contribution in [1.29, 1.82) is 0 Å². The number of carbonyl (C=O) groups is 1. The second kappa shape index (κ2) is 10.7. The van der Waals surface area contributed by atoms with Crippen LogP contribution in [0.1, 0.15) is 44.6 Å². The number of aryl methyl sites for hydroxylation is 4. The summed E-state index contributed by atoms with van der Waals surface area (Å²) in [7, 11) is 0. The SMILES string of the molecule is CCc1sc(C(=O)CCc2cc(C)cc(C)c2OCC(O)CO)cc1-c1ccccc1. The van der Waals surface area contributed by atoms with Gasteiger partial charge in [0.25, 0.3) is 0 Å². The molecule has 2 N–H and O–H groups in total.